The highest BCUT2D eigenvalue weighted by Crippen LogP contribution is 2.08. The highest BCUT2D eigenvalue weighted by atomic mass is 127. The van der Waals surface area contributed by atoms with Gasteiger partial charge in [-0.2, -0.15) is 0 Å². The zero-order chi connectivity index (χ0) is 18.8. The number of carbonyl (C=O) groups is 1. The monoisotopic (exact) mass is 487 g/mol. The van der Waals surface area contributed by atoms with Gasteiger partial charge in [-0.3, -0.25) is 4.79 Å². The fourth-order valence-corrected chi connectivity index (χ4v) is 3.04. The quantitative estimate of drug-likeness (QED) is 0.353. The van der Waals surface area contributed by atoms with Crippen molar-refractivity contribution in [2.45, 2.75) is 32.7 Å². The molecular formula is C20H34IN5O. The molecule has 1 amide bonds. The summed E-state index contributed by atoms with van der Waals surface area (Å²) in [5.74, 6) is 0.866. The Labute approximate surface area is 180 Å². The van der Waals surface area contributed by atoms with Gasteiger partial charge in [0.05, 0.1) is 6.54 Å². The molecule has 0 atom stereocenters. The number of nitrogens with one attached hydrogen (secondary N) is 2. The summed E-state index contributed by atoms with van der Waals surface area (Å²) >= 11 is 0. The summed E-state index contributed by atoms with van der Waals surface area (Å²) in [6.45, 7) is 7.90. The normalized spacial score (nSPS) is 15.0. The van der Waals surface area contributed by atoms with Crippen molar-refractivity contribution in [1.29, 1.82) is 0 Å². The minimum Gasteiger partial charge on any atom is -0.357 e. The van der Waals surface area contributed by atoms with E-state index in [1.165, 1.54) is 32.4 Å². The minimum absolute atomic E-state index is 0. The van der Waals surface area contributed by atoms with Crippen molar-refractivity contribution in [3.8, 4) is 0 Å². The van der Waals surface area contributed by atoms with Crippen LogP contribution in [0.1, 0.15) is 42.1 Å². The first-order valence-corrected chi connectivity index (χ1v) is 9.65. The molecule has 1 fully saturated rings. The first-order chi connectivity index (χ1) is 12.6. The lowest BCUT2D eigenvalue weighted by atomic mass is 10.1. The fourth-order valence-electron chi connectivity index (χ4n) is 3.04. The SMILES string of the molecule is CCNC(=NCc1ccc(C(=O)N(C)C)cc1)NCCN1CCCCC1.I. The van der Waals surface area contributed by atoms with Gasteiger partial charge in [-0.1, -0.05) is 18.6 Å². The third kappa shape index (κ3) is 8.47. The van der Waals surface area contributed by atoms with Crippen LogP contribution >= 0.6 is 24.0 Å². The van der Waals surface area contributed by atoms with E-state index < -0.39 is 0 Å². The van der Waals surface area contributed by atoms with Crippen LogP contribution in [-0.4, -0.2) is 68.5 Å². The summed E-state index contributed by atoms with van der Waals surface area (Å²) in [4.78, 5) is 20.7. The number of piperidine rings is 1. The molecule has 1 heterocycles. The van der Waals surface area contributed by atoms with Gasteiger partial charge in [0.25, 0.3) is 5.91 Å². The zero-order valence-electron chi connectivity index (χ0n) is 16.8. The van der Waals surface area contributed by atoms with E-state index in [4.69, 9.17) is 0 Å². The Balaban J connectivity index is 0.00000364. The van der Waals surface area contributed by atoms with Crippen LogP contribution in [0.15, 0.2) is 29.3 Å². The number of halogens is 1. The molecule has 152 valence electrons. The van der Waals surface area contributed by atoms with Crippen LogP contribution in [0.25, 0.3) is 0 Å². The molecule has 1 aromatic rings. The average molecular weight is 487 g/mol. The van der Waals surface area contributed by atoms with E-state index in [0.29, 0.717) is 12.1 Å². The van der Waals surface area contributed by atoms with Crippen molar-refractivity contribution in [3.63, 3.8) is 0 Å². The Kier molecular flexibility index (Phi) is 11.3. The molecule has 1 aromatic carbocycles. The Morgan fingerprint density at radius 1 is 1.11 bits per heavy atom. The summed E-state index contributed by atoms with van der Waals surface area (Å²) in [5, 5.41) is 6.71. The number of carbonyl (C=O) groups excluding carboxylic acids is 1. The molecule has 0 radical (unpaired) electrons. The predicted octanol–water partition coefficient (Wildman–Crippen LogP) is 2.55. The van der Waals surface area contributed by atoms with Crippen LogP contribution in [0.3, 0.4) is 0 Å². The number of hydrogen-bond acceptors (Lipinski definition) is 3. The lowest BCUT2D eigenvalue weighted by Gasteiger charge is -2.26. The summed E-state index contributed by atoms with van der Waals surface area (Å²) in [5.41, 5.74) is 1.79. The third-order valence-corrected chi connectivity index (χ3v) is 4.54. The number of guanidine groups is 1. The molecule has 2 N–H and O–H groups in total. The molecule has 0 aromatic heterocycles. The van der Waals surface area contributed by atoms with Gasteiger partial charge in [0.15, 0.2) is 5.96 Å². The highest BCUT2D eigenvalue weighted by Gasteiger charge is 2.09. The molecule has 0 spiro atoms. The summed E-state index contributed by atoms with van der Waals surface area (Å²) < 4.78 is 0. The molecule has 6 nitrogen and oxygen atoms in total. The lowest BCUT2D eigenvalue weighted by Crippen LogP contribution is -2.42. The Bertz CT molecular complexity index is 583. The largest absolute Gasteiger partial charge is 0.357 e. The molecular weight excluding hydrogens is 453 g/mol. The van der Waals surface area contributed by atoms with E-state index in [-0.39, 0.29) is 29.9 Å². The van der Waals surface area contributed by atoms with Gasteiger partial charge in [-0.15, -0.1) is 24.0 Å². The molecule has 27 heavy (non-hydrogen) atoms. The molecule has 0 unspecified atom stereocenters. The first-order valence-electron chi connectivity index (χ1n) is 9.65. The molecule has 7 heteroatoms. The molecule has 0 saturated carbocycles. The number of hydrogen-bond donors (Lipinski definition) is 2. The van der Waals surface area contributed by atoms with Crippen LogP contribution in [-0.2, 0) is 6.54 Å². The molecule has 1 aliphatic rings. The van der Waals surface area contributed by atoms with Gasteiger partial charge < -0.3 is 20.4 Å². The van der Waals surface area contributed by atoms with Gasteiger partial charge >= 0.3 is 0 Å². The van der Waals surface area contributed by atoms with Gasteiger partial charge in [-0.05, 0) is 50.6 Å². The zero-order valence-corrected chi connectivity index (χ0v) is 19.2. The molecule has 1 aliphatic heterocycles. The van der Waals surface area contributed by atoms with E-state index in [9.17, 15) is 4.79 Å². The number of benzene rings is 1. The molecule has 0 bridgehead atoms. The van der Waals surface area contributed by atoms with Crippen molar-refractivity contribution in [2.75, 3.05) is 46.8 Å². The van der Waals surface area contributed by atoms with Crippen molar-refractivity contribution in [3.05, 3.63) is 35.4 Å². The van der Waals surface area contributed by atoms with E-state index in [1.54, 1.807) is 19.0 Å². The van der Waals surface area contributed by atoms with Crippen LogP contribution in [0, 0.1) is 0 Å². The maximum atomic E-state index is 11.9. The standard InChI is InChI=1S/C20H33N5O.HI/c1-4-21-20(22-12-15-25-13-6-5-7-14-25)23-16-17-8-10-18(11-9-17)19(26)24(2)3;/h8-11H,4-7,12-16H2,1-3H3,(H2,21,22,23);1H. The van der Waals surface area contributed by atoms with Crippen molar-refractivity contribution >= 4 is 35.8 Å². The van der Waals surface area contributed by atoms with Crippen molar-refractivity contribution < 1.29 is 4.79 Å². The first kappa shape index (κ1) is 23.7. The second kappa shape index (κ2) is 12.9. The Hall–Kier alpha value is -1.35. The Morgan fingerprint density at radius 2 is 1.78 bits per heavy atom. The second-order valence-electron chi connectivity index (χ2n) is 6.92. The van der Waals surface area contributed by atoms with Crippen LogP contribution in [0.2, 0.25) is 0 Å². The van der Waals surface area contributed by atoms with Gasteiger partial charge in [0.1, 0.15) is 0 Å². The van der Waals surface area contributed by atoms with Crippen molar-refractivity contribution in [1.82, 2.24) is 20.4 Å². The van der Waals surface area contributed by atoms with Crippen LogP contribution in [0.5, 0.6) is 0 Å². The van der Waals surface area contributed by atoms with Gasteiger partial charge in [0.2, 0.25) is 0 Å². The number of amides is 1. The van der Waals surface area contributed by atoms with Gasteiger partial charge in [-0.25, -0.2) is 4.99 Å². The summed E-state index contributed by atoms with van der Waals surface area (Å²) in [6, 6.07) is 7.67. The number of nitrogens with zero attached hydrogens (tertiary/aromatic N) is 3. The average Bonchev–Trinajstić information content (AvgIpc) is 2.66. The minimum atomic E-state index is 0. The number of aliphatic imine (C=N–C) groups is 1. The van der Waals surface area contributed by atoms with E-state index in [2.05, 4.69) is 27.4 Å². The second-order valence-corrected chi connectivity index (χ2v) is 6.92. The van der Waals surface area contributed by atoms with E-state index in [0.717, 1.165) is 31.2 Å². The van der Waals surface area contributed by atoms with Crippen molar-refractivity contribution in [2.24, 2.45) is 4.99 Å². The highest BCUT2D eigenvalue weighted by molar-refractivity contribution is 14.0. The molecule has 1 saturated heterocycles. The van der Waals surface area contributed by atoms with E-state index in [1.807, 2.05) is 24.3 Å². The van der Waals surface area contributed by atoms with Crippen LogP contribution < -0.4 is 10.6 Å². The molecule has 0 aliphatic carbocycles. The third-order valence-electron chi connectivity index (χ3n) is 4.54. The predicted molar refractivity (Wildman–Crippen MR) is 123 cm³/mol. The maximum absolute atomic E-state index is 11.9. The smallest absolute Gasteiger partial charge is 0.253 e. The Morgan fingerprint density at radius 3 is 2.37 bits per heavy atom. The van der Waals surface area contributed by atoms with Crippen LogP contribution in [0.4, 0.5) is 0 Å². The fraction of sp³-hybridized carbons (Fsp3) is 0.600. The van der Waals surface area contributed by atoms with E-state index >= 15 is 0 Å². The topological polar surface area (TPSA) is 60.0 Å². The number of likely N-dealkylation sites (tertiary alicyclic amines) is 1. The maximum Gasteiger partial charge on any atom is 0.253 e. The van der Waals surface area contributed by atoms with Gasteiger partial charge in [0, 0.05) is 39.3 Å². The summed E-state index contributed by atoms with van der Waals surface area (Å²) in [6.07, 6.45) is 4.01. The number of rotatable bonds is 7. The summed E-state index contributed by atoms with van der Waals surface area (Å²) in [7, 11) is 3.53. The molecule has 2 rings (SSSR count). The lowest BCUT2D eigenvalue weighted by molar-refractivity contribution is 0.0827.